The van der Waals surface area contributed by atoms with E-state index in [9.17, 15) is 4.79 Å². The van der Waals surface area contributed by atoms with Crippen LogP contribution in [0.15, 0.2) is 30.5 Å². The first-order valence-electron chi connectivity index (χ1n) is 6.47. The molecule has 20 heavy (non-hydrogen) atoms. The number of carbonyl (C=O) groups excluding carboxylic acids is 1. The van der Waals surface area contributed by atoms with Crippen molar-refractivity contribution in [3.8, 4) is 0 Å². The number of hydrogen-bond donors (Lipinski definition) is 2. The fourth-order valence-corrected chi connectivity index (χ4v) is 2.70. The smallest absolute Gasteiger partial charge is 0.236 e. The number of anilines is 1. The molecule has 1 unspecified atom stereocenters. The summed E-state index contributed by atoms with van der Waals surface area (Å²) in [5.41, 5.74) is 5.37. The Hall–Kier alpha value is -1.85. The summed E-state index contributed by atoms with van der Waals surface area (Å²) in [5.74, 6) is 0.532. The number of nitrogens with two attached hydrogens (primary N) is 1. The number of halogens is 1. The maximum atomic E-state index is 11.3. The molecule has 2 aromatic rings. The van der Waals surface area contributed by atoms with Crippen LogP contribution in [0.5, 0.6) is 0 Å². The molecule has 0 spiro atoms. The predicted octanol–water partition coefficient (Wildman–Crippen LogP) is 1.15. The number of aromatic nitrogens is 1. The summed E-state index contributed by atoms with van der Waals surface area (Å²) in [6.45, 7) is 2.03. The zero-order chi connectivity index (χ0) is 14.1. The Morgan fingerprint density at radius 2 is 2.30 bits per heavy atom. The molecule has 104 valence electrons. The molecule has 1 saturated heterocycles. The molecule has 1 aromatic carbocycles. The van der Waals surface area contributed by atoms with Gasteiger partial charge in [0, 0.05) is 36.2 Å². The van der Waals surface area contributed by atoms with E-state index in [-0.39, 0.29) is 11.9 Å². The Bertz CT molecular complexity index is 661. The largest absolute Gasteiger partial charge is 0.368 e. The lowest BCUT2D eigenvalue weighted by Crippen LogP contribution is -2.56. The highest BCUT2D eigenvalue weighted by Crippen LogP contribution is 2.27. The Balaban J connectivity index is 1.99. The van der Waals surface area contributed by atoms with Crippen LogP contribution in [-0.2, 0) is 4.79 Å². The molecule has 1 aliphatic rings. The van der Waals surface area contributed by atoms with Gasteiger partial charge in [-0.25, -0.2) is 4.98 Å². The summed E-state index contributed by atoms with van der Waals surface area (Å²) in [7, 11) is 0. The molecule has 6 heteroatoms. The third-order valence-electron chi connectivity index (χ3n) is 3.52. The molecule has 2 heterocycles. The number of hydrogen-bond acceptors (Lipinski definition) is 4. The van der Waals surface area contributed by atoms with Crippen LogP contribution in [-0.4, -0.2) is 36.6 Å². The van der Waals surface area contributed by atoms with E-state index >= 15 is 0 Å². The average Bonchev–Trinajstić information content (AvgIpc) is 2.46. The second kappa shape index (κ2) is 5.26. The highest BCUT2D eigenvalue weighted by atomic mass is 35.5. The minimum atomic E-state index is -0.340. The second-order valence-electron chi connectivity index (χ2n) is 4.86. The van der Waals surface area contributed by atoms with Crippen molar-refractivity contribution in [1.29, 1.82) is 0 Å². The summed E-state index contributed by atoms with van der Waals surface area (Å²) >= 11 is 6.02. The predicted molar refractivity (Wildman–Crippen MR) is 80.0 cm³/mol. The quantitative estimate of drug-likeness (QED) is 0.870. The van der Waals surface area contributed by atoms with E-state index in [4.69, 9.17) is 17.3 Å². The lowest BCUT2D eigenvalue weighted by atomic mass is 10.1. The second-order valence-corrected chi connectivity index (χ2v) is 5.29. The van der Waals surface area contributed by atoms with Gasteiger partial charge in [0.2, 0.25) is 5.91 Å². The summed E-state index contributed by atoms with van der Waals surface area (Å²) in [4.78, 5) is 17.9. The maximum Gasteiger partial charge on any atom is 0.236 e. The van der Waals surface area contributed by atoms with Gasteiger partial charge in [-0.15, -0.1) is 0 Å². The highest BCUT2D eigenvalue weighted by molar-refractivity contribution is 6.31. The molecule has 0 radical (unpaired) electrons. The van der Waals surface area contributed by atoms with Gasteiger partial charge >= 0.3 is 0 Å². The number of amides is 1. The van der Waals surface area contributed by atoms with Crippen LogP contribution in [0.2, 0.25) is 5.02 Å². The van der Waals surface area contributed by atoms with Gasteiger partial charge in [0.25, 0.3) is 0 Å². The van der Waals surface area contributed by atoms with Gasteiger partial charge in [0.1, 0.15) is 11.9 Å². The number of benzene rings is 1. The number of primary amides is 1. The third-order valence-corrected chi connectivity index (χ3v) is 3.76. The fraction of sp³-hybridized carbons (Fsp3) is 0.286. The number of nitrogens with one attached hydrogen (secondary N) is 1. The summed E-state index contributed by atoms with van der Waals surface area (Å²) in [6, 6.07) is 7.31. The van der Waals surface area contributed by atoms with Gasteiger partial charge in [0.15, 0.2) is 0 Å². The third kappa shape index (κ3) is 2.42. The topological polar surface area (TPSA) is 71.2 Å². The highest BCUT2D eigenvalue weighted by Gasteiger charge is 2.25. The number of nitrogens with zero attached hydrogens (tertiary/aromatic N) is 2. The van der Waals surface area contributed by atoms with E-state index in [2.05, 4.69) is 15.2 Å². The van der Waals surface area contributed by atoms with Crippen molar-refractivity contribution in [2.45, 2.75) is 6.04 Å². The van der Waals surface area contributed by atoms with Gasteiger partial charge in [-0.1, -0.05) is 11.6 Å². The number of pyridine rings is 1. The van der Waals surface area contributed by atoms with E-state index in [1.807, 2.05) is 24.3 Å². The van der Waals surface area contributed by atoms with Crippen LogP contribution in [0.4, 0.5) is 5.82 Å². The Morgan fingerprint density at radius 3 is 3.10 bits per heavy atom. The zero-order valence-corrected chi connectivity index (χ0v) is 11.6. The first kappa shape index (κ1) is 13.1. The van der Waals surface area contributed by atoms with Crippen LogP contribution in [0.1, 0.15) is 0 Å². The Kier molecular flexibility index (Phi) is 3.46. The molecule has 3 rings (SSSR count). The van der Waals surface area contributed by atoms with E-state index in [0.717, 1.165) is 23.1 Å². The number of carbonyl (C=O) groups is 1. The van der Waals surface area contributed by atoms with Crippen LogP contribution < -0.4 is 16.0 Å². The molecule has 1 fully saturated rings. The van der Waals surface area contributed by atoms with Crippen molar-refractivity contribution in [3.63, 3.8) is 0 Å². The molecule has 1 amide bonds. The normalized spacial score (nSPS) is 19.2. The first-order chi connectivity index (χ1) is 9.65. The van der Waals surface area contributed by atoms with Crippen molar-refractivity contribution in [2.24, 2.45) is 5.73 Å². The minimum Gasteiger partial charge on any atom is -0.368 e. The molecular weight excluding hydrogens is 276 g/mol. The van der Waals surface area contributed by atoms with E-state index in [1.165, 1.54) is 0 Å². The Morgan fingerprint density at radius 1 is 1.45 bits per heavy atom. The van der Waals surface area contributed by atoms with E-state index in [0.29, 0.717) is 18.1 Å². The summed E-state index contributed by atoms with van der Waals surface area (Å²) < 4.78 is 0. The average molecular weight is 291 g/mol. The van der Waals surface area contributed by atoms with Crippen molar-refractivity contribution < 1.29 is 4.79 Å². The van der Waals surface area contributed by atoms with Crippen molar-refractivity contribution >= 4 is 34.1 Å². The molecule has 1 aliphatic heterocycles. The number of rotatable bonds is 2. The van der Waals surface area contributed by atoms with Gasteiger partial charge in [0.05, 0.1) is 0 Å². The van der Waals surface area contributed by atoms with Crippen LogP contribution in [0.3, 0.4) is 0 Å². The van der Waals surface area contributed by atoms with Gasteiger partial charge < -0.3 is 16.0 Å². The van der Waals surface area contributed by atoms with Crippen molar-refractivity contribution in [1.82, 2.24) is 10.3 Å². The first-order valence-corrected chi connectivity index (χ1v) is 6.85. The molecule has 5 nitrogen and oxygen atoms in total. The monoisotopic (exact) mass is 290 g/mol. The number of fused-ring (bicyclic) bond motifs is 1. The minimum absolute atomic E-state index is 0.335. The molecule has 1 atom stereocenters. The lowest BCUT2D eigenvalue weighted by Gasteiger charge is -2.33. The molecule has 0 saturated carbocycles. The SMILES string of the molecule is NC(=O)C1CN(c2nccc3cc(Cl)ccc23)CCN1. The van der Waals surface area contributed by atoms with E-state index in [1.54, 1.807) is 6.20 Å². The fourth-order valence-electron chi connectivity index (χ4n) is 2.52. The summed E-state index contributed by atoms with van der Waals surface area (Å²) in [5, 5.41) is 5.88. The molecule has 1 aromatic heterocycles. The lowest BCUT2D eigenvalue weighted by molar-refractivity contribution is -0.120. The standard InChI is InChI=1S/C14H15ClN4O/c15-10-1-2-11-9(7-10)3-4-18-14(11)19-6-5-17-12(8-19)13(16)20/h1-4,7,12,17H,5-6,8H2,(H2,16,20). The summed E-state index contributed by atoms with van der Waals surface area (Å²) in [6.07, 6.45) is 1.76. The van der Waals surface area contributed by atoms with Crippen LogP contribution >= 0.6 is 11.6 Å². The van der Waals surface area contributed by atoms with Crippen molar-refractivity contribution in [3.05, 3.63) is 35.5 Å². The maximum absolute atomic E-state index is 11.3. The van der Waals surface area contributed by atoms with E-state index < -0.39 is 0 Å². The van der Waals surface area contributed by atoms with Crippen molar-refractivity contribution in [2.75, 3.05) is 24.5 Å². The van der Waals surface area contributed by atoms with Gasteiger partial charge in [-0.05, 0) is 29.7 Å². The molecular formula is C14H15ClN4O. The Labute approximate surface area is 121 Å². The molecule has 0 aliphatic carbocycles. The van der Waals surface area contributed by atoms with Gasteiger partial charge in [-0.2, -0.15) is 0 Å². The van der Waals surface area contributed by atoms with Crippen LogP contribution in [0, 0.1) is 0 Å². The van der Waals surface area contributed by atoms with Gasteiger partial charge in [-0.3, -0.25) is 4.79 Å². The number of piperazine rings is 1. The molecule has 0 bridgehead atoms. The zero-order valence-electron chi connectivity index (χ0n) is 10.8. The van der Waals surface area contributed by atoms with Crippen LogP contribution in [0.25, 0.3) is 10.8 Å². The molecule has 3 N–H and O–H groups in total.